The molecule has 0 radical (unpaired) electrons. The fourth-order valence-electron chi connectivity index (χ4n) is 1.71. The number of carbonyl (C=O) groups excluding carboxylic acids is 1. The van der Waals surface area contributed by atoms with E-state index in [4.69, 9.17) is 5.73 Å². The quantitative estimate of drug-likeness (QED) is 0.808. The van der Waals surface area contributed by atoms with Crippen LogP contribution in [0, 0.1) is 0 Å². The highest BCUT2D eigenvalue weighted by Crippen LogP contribution is 2.23. The van der Waals surface area contributed by atoms with Crippen molar-refractivity contribution in [1.29, 1.82) is 0 Å². The lowest BCUT2D eigenvalue weighted by molar-refractivity contribution is -0.116. The van der Waals surface area contributed by atoms with Crippen LogP contribution in [0.4, 0.5) is 11.4 Å². The van der Waals surface area contributed by atoms with Gasteiger partial charge in [0.2, 0.25) is 5.91 Å². The summed E-state index contributed by atoms with van der Waals surface area (Å²) in [7, 11) is 0. The molecule has 0 fully saturated rings. The summed E-state index contributed by atoms with van der Waals surface area (Å²) in [5.41, 5.74) is 7.12. The largest absolute Gasteiger partial charge is 0.398 e. The van der Waals surface area contributed by atoms with Gasteiger partial charge in [0.1, 0.15) is 0 Å². The number of benzene rings is 1. The van der Waals surface area contributed by atoms with Crippen molar-refractivity contribution in [3.8, 4) is 0 Å². The number of amides is 1. The lowest BCUT2D eigenvalue weighted by Gasteiger charge is -2.06. The molecule has 1 aromatic heterocycles. The van der Waals surface area contributed by atoms with Crippen molar-refractivity contribution in [2.75, 3.05) is 11.1 Å². The summed E-state index contributed by atoms with van der Waals surface area (Å²) in [6, 6.07) is 9.51. The molecule has 0 aliphatic heterocycles. The highest BCUT2D eigenvalue weighted by atomic mass is 79.9. The maximum Gasteiger partial charge on any atom is 0.224 e. The first-order chi connectivity index (χ1) is 9.15. The fraction of sp³-hybridized carbons (Fsp3) is 0.214. The maximum absolute atomic E-state index is 11.8. The Morgan fingerprint density at radius 3 is 2.89 bits per heavy atom. The molecular weight excluding hydrogens is 324 g/mol. The summed E-state index contributed by atoms with van der Waals surface area (Å²) >= 11 is 5.07. The van der Waals surface area contributed by atoms with E-state index in [-0.39, 0.29) is 5.91 Å². The Kier molecular flexibility index (Phi) is 4.99. The van der Waals surface area contributed by atoms with Crippen LogP contribution in [-0.2, 0) is 11.2 Å². The Bertz CT molecular complexity index is 555. The van der Waals surface area contributed by atoms with Gasteiger partial charge in [0.25, 0.3) is 0 Å². The first kappa shape index (κ1) is 14.1. The average molecular weight is 339 g/mol. The first-order valence-electron chi connectivity index (χ1n) is 6.02. The van der Waals surface area contributed by atoms with Crippen LogP contribution >= 0.6 is 27.3 Å². The second-order valence-electron chi connectivity index (χ2n) is 4.22. The number of anilines is 2. The van der Waals surface area contributed by atoms with Crippen molar-refractivity contribution in [3.63, 3.8) is 0 Å². The number of nitrogens with one attached hydrogen (secondary N) is 1. The fourth-order valence-corrected chi connectivity index (χ4v) is 2.84. The third-order valence-corrected chi connectivity index (χ3v) is 4.31. The van der Waals surface area contributed by atoms with Gasteiger partial charge in [-0.3, -0.25) is 4.79 Å². The van der Waals surface area contributed by atoms with Gasteiger partial charge in [-0.25, -0.2) is 0 Å². The minimum absolute atomic E-state index is 0.0354. The smallest absolute Gasteiger partial charge is 0.224 e. The predicted molar refractivity (Wildman–Crippen MR) is 84.4 cm³/mol. The van der Waals surface area contributed by atoms with Gasteiger partial charge in [-0.05, 0) is 58.4 Å². The molecule has 0 atom stereocenters. The molecule has 0 aliphatic carbocycles. The standard InChI is InChI=1S/C14H15BrN2OS/c15-12-9-10(6-7-13(12)16)17-14(18)5-1-3-11-4-2-8-19-11/h2,4,6-9H,1,3,5,16H2,(H,17,18). The van der Waals surface area contributed by atoms with Crippen molar-refractivity contribution >= 4 is 44.5 Å². The van der Waals surface area contributed by atoms with Crippen LogP contribution < -0.4 is 11.1 Å². The molecule has 19 heavy (non-hydrogen) atoms. The van der Waals surface area contributed by atoms with Crippen molar-refractivity contribution in [2.24, 2.45) is 0 Å². The molecule has 5 heteroatoms. The molecule has 100 valence electrons. The normalized spacial score (nSPS) is 10.4. The number of thiophene rings is 1. The number of nitrogen functional groups attached to an aromatic ring is 1. The number of aryl methyl sites for hydroxylation is 1. The highest BCUT2D eigenvalue weighted by Gasteiger charge is 2.04. The minimum atomic E-state index is 0.0354. The molecule has 0 bridgehead atoms. The first-order valence-corrected chi connectivity index (χ1v) is 7.69. The van der Waals surface area contributed by atoms with E-state index in [2.05, 4.69) is 32.7 Å². The maximum atomic E-state index is 11.8. The molecular formula is C14H15BrN2OS. The predicted octanol–water partition coefficient (Wildman–Crippen LogP) is 4.05. The SMILES string of the molecule is Nc1ccc(NC(=O)CCCc2cccs2)cc1Br. The van der Waals surface area contributed by atoms with E-state index in [1.54, 1.807) is 23.5 Å². The molecule has 0 saturated heterocycles. The van der Waals surface area contributed by atoms with Crippen LogP contribution in [0.1, 0.15) is 17.7 Å². The van der Waals surface area contributed by atoms with Crippen molar-refractivity contribution in [2.45, 2.75) is 19.3 Å². The third-order valence-electron chi connectivity index (χ3n) is 2.69. The summed E-state index contributed by atoms with van der Waals surface area (Å²) in [6.07, 6.45) is 2.35. The zero-order valence-electron chi connectivity index (χ0n) is 10.4. The Morgan fingerprint density at radius 2 is 2.21 bits per heavy atom. The number of carbonyl (C=O) groups is 1. The molecule has 0 saturated carbocycles. The van der Waals surface area contributed by atoms with Crippen molar-refractivity contribution < 1.29 is 4.79 Å². The van der Waals surface area contributed by atoms with Crippen molar-refractivity contribution in [3.05, 3.63) is 45.1 Å². The van der Waals surface area contributed by atoms with E-state index >= 15 is 0 Å². The zero-order chi connectivity index (χ0) is 13.7. The Balaban J connectivity index is 1.79. The van der Waals surface area contributed by atoms with Crippen LogP contribution in [0.25, 0.3) is 0 Å². The van der Waals surface area contributed by atoms with Gasteiger partial charge in [-0.1, -0.05) is 6.07 Å². The van der Waals surface area contributed by atoms with E-state index in [0.717, 1.165) is 23.0 Å². The lowest BCUT2D eigenvalue weighted by Crippen LogP contribution is -2.11. The summed E-state index contributed by atoms with van der Waals surface area (Å²) < 4.78 is 0.795. The second kappa shape index (κ2) is 6.73. The van der Waals surface area contributed by atoms with Crippen LogP contribution in [0.15, 0.2) is 40.2 Å². The van der Waals surface area contributed by atoms with Gasteiger partial charge in [-0.15, -0.1) is 11.3 Å². The summed E-state index contributed by atoms with van der Waals surface area (Å²) in [6.45, 7) is 0. The minimum Gasteiger partial charge on any atom is -0.398 e. The number of rotatable bonds is 5. The molecule has 3 N–H and O–H groups in total. The molecule has 0 aliphatic rings. The van der Waals surface area contributed by atoms with E-state index in [1.807, 2.05) is 12.1 Å². The van der Waals surface area contributed by atoms with Gasteiger partial charge in [0.15, 0.2) is 0 Å². The van der Waals surface area contributed by atoms with E-state index in [0.29, 0.717) is 12.1 Å². The van der Waals surface area contributed by atoms with Crippen LogP contribution in [0.2, 0.25) is 0 Å². The molecule has 2 rings (SSSR count). The Morgan fingerprint density at radius 1 is 1.37 bits per heavy atom. The van der Waals surface area contributed by atoms with Crippen molar-refractivity contribution in [1.82, 2.24) is 0 Å². The molecule has 3 nitrogen and oxygen atoms in total. The Hall–Kier alpha value is -1.33. The van der Waals surface area contributed by atoms with Gasteiger partial charge in [0, 0.05) is 27.1 Å². The number of halogens is 1. The van der Waals surface area contributed by atoms with Gasteiger partial charge < -0.3 is 11.1 Å². The monoisotopic (exact) mass is 338 g/mol. The van der Waals surface area contributed by atoms with Gasteiger partial charge >= 0.3 is 0 Å². The van der Waals surface area contributed by atoms with Crippen LogP contribution in [0.5, 0.6) is 0 Å². The van der Waals surface area contributed by atoms with E-state index in [1.165, 1.54) is 4.88 Å². The molecule has 1 amide bonds. The molecule has 1 aromatic carbocycles. The van der Waals surface area contributed by atoms with E-state index < -0.39 is 0 Å². The van der Waals surface area contributed by atoms with Gasteiger partial charge in [-0.2, -0.15) is 0 Å². The molecule has 1 heterocycles. The van der Waals surface area contributed by atoms with Crippen LogP contribution in [0.3, 0.4) is 0 Å². The van der Waals surface area contributed by atoms with Crippen LogP contribution in [-0.4, -0.2) is 5.91 Å². The number of nitrogens with two attached hydrogens (primary N) is 1. The second-order valence-corrected chi connectivity index (χ2v) is 6.10. The third kappa shape index (κ3) is 4.36. The molecule has 2 aromatic rings. The summed E-state index contributed by atoms with van der Waals surface area (Å²) in [4.78, 5) is 13.1. The van der Waals surface area contributed by atoms with E-state index in [9.17, 15) is 4.79 Å². The molecule has 0 spiro atoms. The lowest BCUT2D eigenvalue weighted by atomic mass is 10.2. The Labute approximate surface area is 125 Å². The average Bonchev–Trinajstić information content (AvgIpc) is 2.87. The molecule has 0 unspecified atom stereocenters. The number of hydrogen-bond donors (Lipinski definition) is 2. The van der Waals surface area contributed by atoms with Gasteiger partial charge in [0.05, 0.1) is 0 Å². The zero-order valence-corrected chi connectivity index (χ0v) is 12.8. The topological polar surface area (TPSA) is 55.1 Å². The highest BCUT2D eigenvalue weighted by molar-refractivity contribution is 9.10. The summed E-state index contributed by atoms with van der Waals surface area (Å²) in [5.74, 6) is 0.0354. The number of hydrogen-bond acceptors (Lipinski definition) is 3. The summed E-state index contributed by atoms with van der Waals surface area (Å²) in [5, 5.41) is 4.93.